The molecule has 1 aromatic heterocycles. The molecule has 3 rings (SSSR count). The maximum absolute atomic E-state index is 12.0. The minimum atomic E-state index is -1.08. The molecule has 0 aliphatic carbocycles. The second kappa shape index (κ2) is 5.22. The lowest BCUT2D eigenvalue weighted by atomic mass is 10.1. The van der Waals surface area contributed by atoms with E-state index in [1.807, 2.05) is 0 Å². The Bertz CT molecular complexity index is 976. The Morgan fingerprint density at radius 1 is 1.27 bits per heavy atom. The number of hydrogen-bond donors (Lipinski definition) is 1. The van der Waals surface area contributed by atoms with Crippen LogP contribution >= 0.6 is 0 Å². The Morgan fingerprint density at radius 3 is 2.77 bits per heavy atom. The minimum absolute atomic E-state index is 0.0654. The SMILES string of the molecule is N#Cc1ccccc1Cn1c(=O)oc2ccc(C(=O)O)cc21. The van der Waals surface area contributed by atoms with Crippen molar-refractivity contribution in [1.29, 1.82) is 5.26 Å². The topological polar surface area (TPSA) is 96.2 Å². The van der Waals surface area contributed by atoms with Gasteiger partial charge in [0.15, 0.2) is 5.58 Å². The predicted molar refractivity (Wildman–Crippen MR) is 77.7 cm³/mol. The third kappa shape index (κ3) is 2.25. The standard InChI is InChI=1S/C16H10N2O4/c17-8-11-3-1-2-4-12(11)9-18-13-7-10(15(19)20)5-6-14(13)22-16(18)21/h1-7H,9H2,(H,19,20). The summed E-state index contributed by atoms with van der Waals surface area (Å²) in [6.45, 7) is 0.138. The third-order valence-corrected chi connectivity index (χ3v) is 3.38. The fourth-order valence-corrected chi connectivity index (χ4v) is 2.28. The van der Waals surface area contributed by atoms with Crippen LogP contribution in [0.25, 0.3) is 11.1 Å². The molecule has 1 N–H and O–H groups in total. The smallest absolute Gasteiger partial charge is 0.420 e. The van der Waals surface area contributed by atoms with Gasteiger partial charge >= 0.3 is 11.7 Å². The van der Waals surface area contributed by atoms with Gasteiger partial charge in [-0.15, -0.1) is 0 Å². The second-order valence-electron chi connectivity index (χ2n) is 4.71. The van der Waals surface area contributed by atoms with Gasteiger partial charge in [0, 0.05) is 0 Å². The minimum Gasteiger partial charge on any atom is -0.478 e. The molecule has 3 aromatic rings. The molecule has 6 heteroatoms. The van der Waals surface area contributed by atoms with Crippen LogP contribution in [0, 0.1) is 11.3 Å². The van der Waals surface area contributed by atoms with Gasteiger partial charge in [-0.25, -0.2) is 9.59 Å². The molecule has 0 amide bonds. The number of aromatic carboxylic acids is 1. The first-order valence-corrected chi connectivity index (χ1v) is 6.45. The number of rotatable bonds is 3. The highest BCUT2D eigenvalue weighted by Gasteiger charge is 2.14. The van der Waals surface area contributed by atoms with Crippen LogP contribution in [0.1, 0.15) is 21.5 Å². The van der Waals surface area contributed by atoms with Crippen molar-refractivity contribution in [2.24, 2.45) is 0 Å². The predicted octanol–water partition coefficient (Wildman–Crippen LogP) is 2.21. The van der Waals surface area contributed by atoms with Crippen molar-refractivity contribution in [2.75, 3.05) is 0 Å². The molecule has 0 aliphatic rings. The van der Waals surface area contributed by atoms with Gasteiger partial charge in [0.2, 0.25) is 0 Å². The molecule has 22 heavy (non-hydrogen) atoms. The first kappa shape index (κ1) is 13.6. The lowest BCUT2D eigenvalue weighted by Gasteiger charge is -2.05. The maximum atomic E-state index is 12.0. The fraction of sp³-hybridized carbons (Fsp3) is 0.0625. The monoisotopic (exact) mass is 294 g/mol. The van der Waals surface area contributed by atoms with Crippen molar-refractivity contribution in [1.82, 2.24) is 4.57 Å². The van der Waals surface area contributed by atoms with E-state index in [0.29, 0.717) is 22.2 Å². The molecule has 0 radical (unpaired) electrons. The molecular formula is C16H10N2O4. The molecule has 0 spiro atoms. The molecule has 1 heterocycles. The number of aromatic nitrogens is 1. The van der Waals surface area contributed by atoms with Crippen molar-refractivity contribution in [3.05, 3.63) is 69.7 Å². The number of carboxylic acid groups (broad SMARTS) is 1. The van der Waals surface area contributed by atoms with E-state index in [2.05, 4.69) is 6.07 Å². The lowest BCUT2D eigenvalue weighted by molar-refractivity contribution is 0.0697. The lowest BCUT2D eigenvalue weighted by Crippen LogP contribution is -2.15. The average Bonchev–Trinajstić information content (AvgIpc) is 2.83. The summed E-state index contributed by atoms with van der Waals surface area (Å²) in [5, 5.41) is 18.2. The highest BCUT2D eigenvalue weighted by molar-refractivity contribution is 5.91. The number of oxazole rings is 1. The highest BCUT2D eigenvalue weighted by Crippen LogP contribution is 2.17. The van der Waals surface area contributed by atoms with E-state index in [1.54, 1.807) is 24.3 Å². The molecule has 2 aromatic carbocycles. The van der Waals surface area contributed by atoms with Gasteiger partial charge in [-0.1, -0.05) is 18.2 Å². The molecule has 6 nitrogen and oxygen atoms in total. The van der Waals surface area contributed by atoms with Gasteiger partial charge < -0.3 is 9.52 Å². The Kier molecular flexibility index (Phi) is 3.24. The van der Waals surface area contributed by atoms with Gasteiger partial charge in [-0.05, 0) is 29.8 Å². The summed E-state index contributed by atoms with van der Waals surface area (Å²) in [7, 11) is 0. The Labute approximate surface area is 124 Å². The first-order valence-electron chi connectivity index (χ1n) is 6.45. The normalized spacial score (nSPS) is 10.5. The Hall–Kier alpha value is -3.33. The van der Waals surface area contributed by atoms with Crippen LogP contribution in [0.15, 0.2) is 51.7 Å². The van der Waals surface area contributed by atoms with Crippen LogP contribution in [0.2, 0.25) is 0 Å². The van der Waals surface area contributed by atoms with Crippen molar-refractivity contribution in [2.45, 2.75) is 6.54 Å². The number of fused-ring (bicyclic) bond motifs is 1. The van der Waals surface area contributed by atoms with Crippen molar-refractivity contribution >= 4 is 17.1 Å². The zero-order chi connectivity index (χ0) is 15.7. The number of nitrogens with zero attached hydrogens (tertiary/aromatic N) is 2. The van der Waals surface area contributed by atoms with Gasteiger partial charge in [-0.2, -0.15) is 5.26 Å². The third-order valence-electron chi connectivity index (χ3n) is 3.38. The molecular weight excluding hydrogens is 284 g/mol. The second-order valence-corrected chi connectivity index (χ2v) is 4.71. The van der Waals surface area contributed by atoms with Gasteiger partial charge in [0.25, 0.3) is 0 Å². The van der Waals surface area contributed by atoms with E-state index in [1.165, 1.54) is 22.8 Å². The maximum Gasteiger partial charge on any atom is 0.420 e. The van der Waals surface area contributed by atoms with Crippen LogP contribution in [0.5, 0.6) is 0 Å². The fourth-order valence-electron chi connectivity index (χ4n) is 2.28. The zero-order valence-corrected chi connectivity index (χ0v) is 11.3. The van der Waals surface area contributed by atoms with E-state index < -0.39 is 11.7 Å². The summed E-state index contributed by atoms with van der Waals surface area (Å²) in [5.41, 5.74) is 1.88. The zero-order valence-electron chi connectivity index (χ0n) is 11.3. The molecule has 0 atom stereocenters. The number of hydrogen-bond acceptors (Lipinski definition) is 4. The van der Waals surface area contributed by atoms with E-state index in [-0.39, 0.29) is 12.1 Å². The summed E-state index contributed by atoms with van der Waals surface area (Å²) in [6, 6.07) is 13.2. The van der Waals surface area contributed by atoms with Crippen LogP contribution in [0.3, 0.4) is 0 Å². The summed E-state index contributed by atoms with van der Waals surface area (Å²) in [4.78, 5) is 23.1. The van der Waals surface area contributed by atoms with Crippen LogP contribution < -0.4 is 5.76 Å². The summed E-state index contributed by atoms with van der Waals surface area (Å²) in [5.74, 6) is -1.68. The number of benzene rings is 2. The van der Waals surface area contributed by atoms with E-state index >= 15 is 0 Å². The van der Waals surface area contributed by atoms with Crippen LogP contribution in [-0.2, 0) is 6.54 Å². The Morgan fingerprint density at radius 2 is 2.05 bits per heavy atom. The molecule has 0 aliphatic heterocycles. The molecule has 0 fully saturated rings. The molecule has 0 saturated heterocycles. The largest absolute Gasteiger partial charge is 0.478 e. The van der Waals surface area contributed by atoms with Crippen molar-refractivity contribution in [3.8, 4) is 6.07 Å². The molecule has 108 valence electrons. The average molecular weight is 294 g/mol. The molecule has 0 saturated carbocycles. The number of nitriles is 1. The first-order chi connectivity index (χ1) is 10.6. The van der Waals surface area contributed by atoms with Crippen LogP contribution in [-0.4, -0.2) is 15.6 Å². The molecule has 0 bridgehead atoms. The van der Waals surface area contributed by atoms with Crippen LogP contribution in [0.4, 0.5) is 0 Å². The number of carboxylic acids is 1. The quantitative estimate of drug-likeness (QED) is 0.798. The van der Waals surface area contributed by atoms with Crippen molar-refractivity contribution < 1.29 is 14.3 Å². The Balaban J connectivity index is 2.16. The molecule has 0 unspecified atom stereocenters. The van der Waals surface area contributed by atoms with Gasteiger partial charge in [0.05, 0.1) is 29.3 Å². The van der Waals surface area contributed by atoms with Gasteiger partial charge in [-0.3, -0.25) is 4.57 Å². The summed E-state index contributed by atoms with van der Waals surface area (Å²) in [6.07, 6.45) is 0. The van der Waals surface area contributed by atoms with E-state index in [9.17, 15) is 9.59 Å². The van der Waals surface area contributed by atoms with E-state index in [4.69, 9.17) is 14.8 Å². The van der Waals surface area contributed by atoms with Crippen molar-refractivity contribution in [3.63, 3.8) is 0 Å². The number of carbonyl (C=O) groups is 1. The summed E-state index contributed by atoms with van der Waals surface area (Å²) < 4.78 is 6.43. The van der Waals surface area contributed by atoms with E-state index in [0.717, 1.165) is 0 Å². The summed E-state index contributed by atoms with van der Waals surface area (Å²) >= 11 is 0. The highest BCUT2D eigenvalue weighted by atomic mass is 16.4. The van der Waals surface area contributed by atoms with Gasteiger partial charge in [0.1, 0.15) is 0 Å².